The summed E-state index contributed by atoms with van der Waals surface area (Å²) < 4.78 is 37.9. The van der Waals surface area contributed by atoms with Gasteiger partial charge < -0.3 is 19.5 Å². The minimum atomic E-state index is -3.70. The number of hydrogen-bond donors (Lipinski definition) is 1. The predicted molar refractivity (Wildman–Crippen MR) is 104 cm³/mol. The van der Waals surface area contributed by atoms with E-state index in [1.54, 1.807) is 36.4 Å². The normalized spacial score (nSPS) is 15.3. The number of benzene rings is 2. The SMILES string of the molecule is COc1ccc(S(=O)(=O)N2CCN(c3ccc(C(=O)O)cc3)CC2)c(OC)c1. The van der Waals surface area contributed by atoms with Crippen molar-refractivity contribution < 1.29 is 27.8 Å². The van der Waals surface area contributed by atoms with E-state index in [4.69, 9.17) is 14.6 Å². The van der Waals surface area contributed by atoms with Gasteiger partial charge in [0.25, 0.3) is 0 Å². The summed E-state index contributed by atoms with van der Waals surface area (Å²) in [6, 6.07) is 11.2. The monoisotopic (exact) mass is 406 g/mol. The Morgan fingerprint density at radius 1 is 0.964 bits per heavy atom. The van der Waals surface area contributed by atoms with Crippen molar-refractivity contribution >= 4 is 21.7 Å². The fourth-order valence-electron chi connectivity index (χ4n) is 3.13. The second-order valence-electron chi connectivity index (χ2n) is 6.26. The van der Waals surface area contributed by atoms with Gasteiger partial charge in [0.15, 0.2) is 0 Å². The molecule has 0 spiro atoms. The standard InChI is InChI=1S/C19H22N2O6S/c1-26-16-7-8-18(17(13-16)27-2)28(24,25)21-11-9-20(10-12-21)15-5-3-14(4-6-15)19(22)23/h3-8,13H,9-12H2,1-2H3,(H,22,23). The van der Waals surface area contributed by atoms with Crippen LogP contribution in [0.15, 0.2) is 47.4 Å². The van der Waals surface area contributed by atoms with Crippen molar-refractivity contribution in [2.24, 2.45) is 0 Å². The number of ether oxygens (including phenoxy) is 2. The fourth-order valence-corrected chi connectivity index (χ4v) is 4.69. The Balaban J connectivity index is 1.74. The lowest BCUT2D eigenvalue weighted by atomic mass is 10.2. The highest BCUT2D eigenvalue weighted by Gasteiger charge is 2.31. The molecule has 3 rings (SSSR count). The highest BCUT2D eigenvalue weighted by atomic mass is 32.2. The van der Waals surface area contributed by atoms with Crippen LogP contribution in [-0.2, 0) is 10.0 Å². The Bertz CT molecular complexity index is 951. The smallest absolute Gasteiger partial charge is 0.335 e. The van der Waals surface area contributed by atoms with Crippen LogP contribution in [-0.4, -0.2) is 64.2 Å². The zero-order valence-electron chi connectivity index (χ0n) is 15.7. The number of hydrogen-bond acceptors (Lipinski definition) is 6. The second-order valence-corrected chi connectivity index (χ2v) is 8.17. The van der Waals surface area contributed by atoms with Crippen molar-refractivity contribution in [2.45, 2.75) is 4.90 Å². The van der Waals surface area contributed by atoms with Crippen molar-refractivity contribution in [3.8, 4) is 11.5 Å². The topological polar surface area (TPSA) is 96.4 Å². The molecule has 0 atom stereocenters. The molecule has 2 aromatic rings. The third-order valence-corrected chi connectivity index (χ3v) is 6.64. The Hall–Kier alpha value is -2.78. The van der Waals surface area contributed by atoms with Gasteiger partial charge in [0, 0.05) is 37.9 Å². The van der Waals surface area contributed by atoms with E-state index in [1.165, 1.54) is 24.6 Å². The molecule has 1 heterocycles. The van der Waals surface area contributed by atoms with E-state index in [0.717, 1.165) is 5.69 Å². The number of carbonyl (C=O) groups is 1. The van der Waals surface area contributed by atoms with Crippen molar-refractivity contribution in [1.82, 2.24) is 4.31 Å². The molecular weight excluding hydrogens is 384 g/mol. The highest BCUT2D eigenvalue weighted by Crippen LogP contribution is 2.31. The van der Waals surface area contributed by atoms with Crippen molar-refractivity contribution in [1.29, 1.82) is 0 Å². The average Bonchev–Trinajstić information content (AvgIpc) is 2.73. The minimum absolute atomic E-state index is 0.107. The number of rotatable bonds is 6. The van der Waals surface area contributed by atoms with E-state index in [2.05, 4.69) is 0 Å². The third kappa shape index (κ3) is 3.90. The van der Waals surface area contributed by atoms with Crippen LogP contribution in [0.3, 0.4) is 0 Å². The first-order valence-electron chi connectivity index (χ1n) is 8.67. The van der Waals surface area contributed by atoms with Crippen LogP contribution in [0.2, 0.25) is 0 Å². The molecular formula is C19H22N2O6S. The Morgan fingerprint density at radius 3 is 2.14 bits per heavy atom. The first kappa shape index (κ1) is 20.0. The summed E-state index contributed by atoms with van der Waals surface area (Å²) in [6.45, 7) is 1.64. The third-order valence-electron chi connectivity index (χ3n) is 4.71. The molecule has 9 heteroatoms. The number of aromatic carboxylic acids is 1. The van der Waals surface area contributed by atoms with Crippen molar-refractivity contribution in [3.05, 3.63) is 48.0 Å². The minimum Gasteiger partial charge on any atom is -0.497 e. The Kier molecular flexibility index (Phi) is 5.76. The molecule has 0 amide bonds. The number of piperazine rings is 1. The molecule has 1 N–H and O–H groups in total. The van der Waals surface area contributed by atoms with E-state index in [0.29, 0.717) is 31.9 Å². The molecule has 0 aromatic heterocycles. The zero-order valence-corrected chi connectivity index (χ0v) is 16.5. The maximum atomic E-state index is 13.1. The largest absolute Gasteiger partial charge is 0.497 e. The maximum absolute atomic E-state index is 13.1. The average molecular weight is 406 g/mol. The van der Waals surface area contributed by atoms with Crippen LogP contribution < -0.4 is 14.4 Å². The van der Waals surface area contributed by atoms with Gasteiger partial charge in [-0.15, -0.1) is 0 Å². The van der Waals surface area contributed by atoms with Crippen molar-refractivity contribution in [3.63, 3.8) is 0 Å². The summed E-state index contributed by atoms with van der Waals surface area (Å²) in [5, 5.41) is 8.99. The maximum Gasteiger partial charge on any atom is 0.335 e. The van der Waals surface area contributed by atoms with Gasteiger partial charge in [-0.2, -0.15) is 4.31 Å². The van der Waals surface area contributed by atoms with Crippen LogP contribution in [0.1, 0.15) is 10.4 Å². The second kappa shape index (κ2) is 8.07. The first-order chi connectivity index (χ1) is 13.4. The van der Waals surface area contributed by atoms with E-state index in [-0.39, 0.29) is 16.2 Å². The summed E-state index contributed by atoms with van der Waals surface area (Å²) in [5.41, 5.74) is 1.08. The molecule has 2 aromatic carbocycles. The van der Waals surface area contributed by atoms with Gasteiger partial charge >= 0.3 is 5.97 Å². The summed E-state index contributed by atoms with van der Waals surface area (Å²) in [5.74, 6) is -0.215. The zero-order chi connectivity index (χ0) is 20.3. The summed E-state index contributed by atoms with van der Waals surface area (Å²) in [4.78, 5) is 13.1. The Morgan fingerprint density at radius 2 is 1.61 bits per heavy atom. The molecule has 1 aliphatic rings. The van der Waals surface area contributed by atoms with Gasteiger partial charge in [0.05, 0.1) is 19.8 Å². The number of carboxylic acid groups (broad SMARTS) is 1. The van der Waals surface area contributed by atoms with E-state index in [9.17, 15) is 13.2 Å². The van der Waals surface area contributed by atoms with Crippen LogP contribution in [0.4, 0.5) is 5.69 Å². The van der Waals surface area contributed by atoms with Crippen LogP contribution in [0.25, 0.3) is 0 Å². The fraction of sp³-hybridized carbons (Fsp3) is 0.316. The number of methoxy groups -OCH3 is 2. The van der Waals surface area contributed by atoms with Gasteiger partial charge in [-0.3, -0.25) is 0 Å². The number of sulfonamides is 1. The van der Waals surface area contributed by atoms with Gasteiger partial charge in [0.1, 0.15) is 16.4 Å². The van der Waals surface area contributed by atoms with E-state index >= 15 is 0 Å². The first-order valence-corrected chi connectivity index (χ1v) is 10.1. The van der Waals surface area contributed by atoms with Gasteiger partial charge in [0.2, 0.25) is 10.0 Å². The summed E-state index contributed by atoms with van der Waals surface area (Å²) >= 11 is 0. The Labute approximate surface area is 164 Å². The van der Waals surface area contributed by atoms with Crippen molar-refractivity contribution in [2.75, 3.05) is 45.3 Å². The quantitative estimate of drug-likeness (QED) is 0.783. The highest BCUT2D eigenvalue weighted by molar-refractivity contribution is 7.89. The summed E-state index contributed by atoms with van der Waals surface area (Å²) in [6.07, 6.45) is 0. The number of carboxylic acids is 1. The molecule has 0 unspecified atom stereocenters. The molecule has 28 heavy (non-hydrogen) atoms. The lowest BCUT2D eigenvalue weighted by molar-refractivity contribution is 0.0697. The lowest BCUT2D eigenvalue weighted by Crippen LogP contribution is -2.48. The van der Waals surface area contributed by atoms with Crippen LogP contribution >= 0.6 is 0 Å². The molecule has 8 nitrogen and oxygen atoms in total. The molecule has 1 fully saturated rings. The van der Waals surface area contributed by atoms with Gasteiger partial charge in [-0.25, -0.2) is 13.2 Å². The van der Waals surface area contributed by atoms with Crippen LogP contribution in [0, 0.1) is 0 Å². The summed E-state index contributed by atoms with van der Waals surface area (Å²) in [7, 11) is -0.777. The molecule has 0 bridgehead atoms. The lowest BCUT2D eigenvalue weighted by Gasteiger charge is -2.35. The van der Waals surface area contributed by atoms with E-state index < -0.39 is 16.0 Å². The van der Waals surface area contributed by atoms with Gasteiger partial charge in [-0.1, -0.05) is 0 Å². The number of nitrogens with zero attached hydrogens (tertiary/aromatic N) is 2. The van der Waals surface area contributed by atoms with E-state index in [1.807, 2.05) is 4.90 Å². The molecule has 1 saturated heterocycles. The molecule has 0 aliphatic carbocycles. The molecule has 1 aliphatic heterocycles. The molecule has 150 valence electrons. The van der Waals surface area contributed by atoms with Gasteiger partial charge in [-0.05, 0) is 36.4 Å². The molecule has 0 saturated carbocycles. The molecule has 0 radical (unpaired) electrons. The predicted octanol–water partition coefficient (Wildman–Crippen LogP) is 1.91. The van der Waals surface area contributed by atoms with Crippen LogP contribution in [0.5, 0.6) is 11.5 Å². The number of anilines is 1.